The number of hydrogen-bond acceptors (Lipinski definition) is 8. The van der Waals surface area contributed by atoms with E-state index in [0.29, 0.717) is 28.5 Å². The highest BCUT2D eigenvalue weighted by atomic mass is 16.5. The minimum atomic E-state index is -0.462. The lowest BCUT2D eigenvalue weighted by Gasteiger charge is -2.10. The topological polar surface area (TPSA) is 126 Å². The average Bonchev–Trinajstić information content (AvgIpc) is 3.53. The number of fused-ring (bicyclic) bond motifs is 1. The second-order valence-corrected chi connectivity index (χ2v) is 7.81. The summed E-state index contributed by atoms with van der Waals surface area (Å²) >= 11 is 0. The van der Waals surface area contributed by atoms with Crippen molar-refractivity contribution in [1.29, 1.82) is 0 Å². The summed E-state index contributed by atoms with van der Waals surface area (Å²) in [6.07, 6.45) is 1.57. The molecular formula is C25H22N6O5. The van der Waals surface area contributed by atoms with Crippen molar-refractivity contribution in [2.24, 2.45) is 0 Å². The van der Waals surface area contributed by atoms with Crippen molar-refractivity contribution in [3.8, 4) is 34.3 Å². The maximum Gasteiger partial charge on any atom is 0.350 e. The fraction of sp³-hybridized carbons (Fsp3) is 0.160. The number of aromatic nitrogens is 5. The number of rotatable bonds is 8. The van der Waals surface area contributed by atoms with E-state index in [9.17, 15) is 9.59 Å². The van der Waals surface area contributed by atoms with Gasteiger partial charge in [-0.3, -0.25) is 4.79 Å². The fourth-order valence-electron chi connectivity index (χ4n) is 3.73. The summed E-state index contributed by atoms with van der Waals surface area (Å²) < 4.78 is 18.4. The van der Waals surface area contributed by atoms with Crippen molar-refractivity contribution in [1.82, 2.24) is 29.6 Å². The number of nitrogens with one attached hydrogen (secondary N) is 1. The van der Waals surface area contributed by atoms with E-state index < -0.39 is 5.69 Å². The molecule has 5 aromatic rings. The van der Waals surface area contributed by atoms with Crippen LogP contribution in [-0.4, -0.2) is 44.4 Å². The Morgan fingerprint density at radius 3 is 2.61 bits per heavy atom. The summed E-state index contributed by atoms with van der Waals surface area (Å²) in [4.78, 5) is 29.9. The first-order valence-corrected chi connectivity index (χ1v) is 11.0. The van der Waals surface area contributed by atoms with Gasteiger partial charge in [0.05, 0.1) is 19.8 Å². The molecule has 1 amide bonds. The van der Waals surface area contributed by atoms with Gasteiger partial charge in [-0.05, 0) is 29.8 Å². The van der Waals surface area contributed by atoms with Gasteiger partial charge in [-0.15, -0.1) is 5.10 Å². The molecule has 0 aliphatic carbocycles. The third-order valence-electron chi connectivity index (χ3n) is 5.53. The van der Waals surface area contributed by atoms with Crippen molar-refractivity contribution in [3.63, 3.8) is 0 Å². The Morgan fingerprint density at radius 2 is 1.83 bits per heavy atom. The van der Waals surface area contributed by atoms with E-state index in [1.807, 2.05) is 36.4 Å². The zero-order valence-corrected chi connectivity index (χ0v) is 19.5. The predicted molar refractivity (Wildman–Crippen MR) is 130 cm³/mol. The van der Waals surface area contributed by atoms with Gasteiger partial charge in [0.1, 0.15) is 6.54 Å². The molecule has 11 nitrogen and oxygen atoms in total. The van der Waals surface area contributed by atoms with Crippen molar-refractivity contribution >= 4 is 11.6 Å². The lowest BCUT2D eigenvalue weighted by Crippen LogP contribution is -2.32. The number of carbonyl (C=O) groups is 1. The molecule has 2 aromatic carbocycles. The Morgan fingerprint density at radius 1 is 1.03 bits per heavy atom. The van der Waals surface area contributed by atoms with Gasteiger partial charge in [-0.25, -0.2) is 13.9 Å². The first-order valence-electron chi connectivity index (χ1n) is 11.0. The normalized spacial score (nSPS) is 10.9. The molecule has 0 saturated carbocycles. The Hall–Kier alpha value is -4.93. The molecule has 36 heavy (non-hydrogen) atoms. The van der Waals surface area contributed by atoms with E-state index in [1.54, 1.807) is 44.7 Å². The fourth-order valence-corrected chi connectivity index (χ4v) is 3.73. The van der Waals surface area contributed by atoms with Crippen LogP contribution in [0.25, 0.3) is 28.5 Å². The molecule has 3 heterocycles. The molecule has 0 bridgehead atoms. The van der Waals surface area contributed by atoms with E-state index in [-0.39, 0.29) is 24.9 Å². The van der Waals surface area contributed by atoms with Gasteiger partial charge >= 0.3 is 5.69 Å². The molecule has 0 aliphatic rings. The number of methoxy groups -OCH3 is 2. The Balaban J connectivity index is 1.35. The van der Waals surface area contributed by atoms with Crippen LogP contribution in [0.1, 0.15) is 5.56 Å². The zero-order chi connectivity index (χ0) is 25.1. The van der Waals surface area contributed by atoms with Crippen molar-refractivity contribution < 1.29 is 18.8 Å². The minimum Gasteiger partial charge on any atom is -0.493 e. The molecule has 0 atom stereocenters. The first kappa shape index (κ1) is 22.8. The lowest BCUT2D eigenvalue weighted by atomic mass is 10.2. The lowest BCUT2D eigenvalue weighted by molar-refractivity contribution is -0.122. The number of hydrogen-bond donors (Lipinski definition) is 1. The molecular weight excluding hydrogens is 464 g/mol. The molecule has 0 spiro atoms. The summed E-state index contributed by atoms with van der Waals surface area (Å²) in [6, 6.07) is 18.2. The Bertz CT molecular complexity index is 1590. The largest absolute Gasteiger partial charge is 0.493 e. The molecule has 182 valence electrons. The van der Waals surface area contributed by atoms with Crippen molar-refractivity contribution in [2.75, 3.05) is 14.2 Å². The van der Waals surface area contributed by atoms with Gasteiger partial charge in [0.15, 0.2) is 17.1 Å². The van der Waals surface area contributed by atoms with Crippen LogP contribution in [0.3, 0.4) is 0 Å². The Kier molecular flexibility index (Phi) is 6.18. The van der Waals surface area contributed by atoms with Gasteiger partial charge in [-0.2, -0.15) is 4.98 Å². The number of ether oxygens (including phenoxy) is 2. The monoisotopic (exact) mass is 486 g/mol. The van der Waals surface area contributed by atoms with E-state index >= 15 is 0 Å². The third kappa shape index (κ3) is 4.41. The quantitative estimate of drug-likeness (QED) is 0.355. The van der Waals surface area contributed by atoms with Gasteiger partial charge in [0.25, 0.3) is 5.89 Å². The van der Waals surface area contributed by atoms with E-state index in [1.165, 1.54) is 4.40 Å². The molecule has 3 aromatic heterocycles. The minimum absolute atomic E-state index is 0.217. The number of carbonyl (C=O) groups excluding carboxylic acids is 1. The summed E-state index contributed by atoms with van der Waals surface area (Å²) in [5, 5.41) is 11.2. The molecule has 0 radical (unpaired) electrons. The number of amides is 1. The molecule has 1 N–H and O–H groups in total. The molecule has 0 fully saturated rings. The summed E-state index contributed by atoms with van der Waals surface area (Å²) in [7, 11) is 3.10. The SMILES string of the molecule is COc1ccc(CNC(=O)Cn2nc3c(-c4nc(-c5ccccc5)no4)cccn3c2=O)cc1OC. The van der Waals surface area contributed by atoms with Gasteiger partial charge in [0.2, 0.25) is 11.7 Å². The first-order chi connectivity index (χ1) is 17.6. The van der Waals surface area contributed by atoms with Crippen LogP contribution in [0.15, 0.2) is 76.2 Å². The highest BCUT2D eigenvalue weighted by Crippen LogP contribution is 2.27. The van der Waals surface area contributed by atoms with Gasteiger partial charge in [0, 0.05) is 18.3 Å². The number of benzene rings is 2. The van der Waals surface area contributed by atoms with E-state index in [0.717, 1.165) is 15.8 Å². The summed E-state index contributed by atoms with van der Waals surface area (Å²) in [5.74, 6) is 1.42. The zero-order valence-electron chi connectivity index (χ0n) is 19.5. The van der Waals surface area contributed by atoms with E-state index in [2.05, 4.69) is 20.6 Å². The number of nitrogens with zero attached hydrogens (tertiary/aromatic N) is 5. The van der Waals surface area contributed by atoms with Crippen LogP contribution in [0.2, 0.25) is 0 Å². The molecule has 0 aliphatic heterocycles. The van der Waals surface area contributed by atoms with Crippen LogP contribution in [0.4, 0.5) is 0 Å². The van der Waals surface area contributed by atoms with E-state index in [4.69, 9.17) is 14.0 Å². The molecule has 0 unspecified atom stereocenters. The molecule has 5 rings (SSSR count). The molecule has 0 saturated heterocycles. The second-order valence-electron chi connectivity index (χ2n) is 7.81. The molecule has 11 heteroatoms. The average molecular weight is 486 g/mol. The van der Waals surface area contributed by atoms with Crippen LogP contribution in [-0.2, 0) is 17.9 Å². The summed E-state index contributed by atoms with van der Waals surface area (Å²) in [5.41, 5.74) is 1.94. The van der Waals surface area contributed by atoms with Crippen molar-refractivity contribution in [2.45, 2.75) is 13.1 Å². The summed E-state index contributed by atoms with van der Waals surface area (Å²) in [6.45, 7) is -0.0108. The smallest absolute Gasteiger partial charge is 0.350 e. The maximum absolute atomic E-state index is 12.9. The second kappa shape index (κ2) is 9.74. The van der Waals surface area contributed by atoms with Gasteiger partial charge in [-0.1, -0.05) is 41.6 Å². The predicted octanol–water partition coefficient (Wildman–Crippen LogP) is 2.55. The van der Waals surface area contributed by atoms with Crippen LogP contribution >= 0.6 is 0 Å². The highest BCUT2D eigenvalue weighted by Gasteiger charge is 2.18. The standard InChI is InChI=1S/C25H22N6O5/c1-34-19-11-10-16(13-20(19)35-2)14-26-21(32)15-31-25(33)30-12-6-9-18(23(30)28-31)24-27-22(29-36-24)17-7-4-3-5-8-17/h3-13H,14-15H2,1-2H3,(H,26,32). The number of pyridine rings is 1. The van der Waals surface area contributed by atoms with Crippen molar-refractivity contribution in [3.05, 3.63) is 82.9 Å². The van der Waals surface area contributed by atoms with Gasteiger partial charge < -0.3 is 19.3 Å². The maximum atomic E-state index is 12.9. The van der Waals surface area contributed by atoms with Crippen LogP contribution in [0, 0.1) is 0 Å². The van der Waals surface area contributed by atoms with Crippen LogP contribution < -0.4 is 20.5 Å². The third-order valence-corrected chi connectivity index (χ3v) is 5.53. The highest BCUT2D eigenvalue weighted by molar-refractivity contribution is 5.76. The van der Waals surface area contributed by atoms with Crippen LogP contribution in [0.5, 0.6) is 11.5 Å². The Labute approximate surface area is 204 Å².